The molecule has 0 aliphatic carbocycles. The van der Waals surface area contributed by atoms with Crippen molar-refractivity contribution in [2.45, 2.75) is 40.2 Å². The van der Waals surface area contributed by atoms with Crippen molar-refractivity contribution in [2.24, 2.45) is 17.3 Å². The summed E-state index contributed by atoms with van der Waals surface area (Å²) in [6, 6.07) is 2.06. The van der Waals surface area contributed by atoms with Gasteiger partial charge in [-0.15, -0.1) is 0 Å². The van der Waals surface area contributed by atoms with Crippen molar-refractivity contribution >= 4 is 17.8 Å². The molecule has 6 nitrogen and oxygen atoms in total. The molecule has 0 saturated carbocycles. The van der Waals surface area contributed by atoms with E-state index in [2.05, 4.69) is 5.32 Å². The first-order chi connectivity index (χ1) is 13.0. The van der Waals surface area contributed by atoms with Crippen LogP contribution in [0.3, 0.4) is 0 Å². The zero-order valence-electron chi connectivity index (χ0n) is 16.5. The van der Waals surface area contributed by atoms with Gasteiger partial charge < -0.3 is 15.3 Å². The number of nitrogens with one attached hydrogen (secondary N) is 1. The Labute approximate surface area is 162 Å². The third-order valence-electron chi connectivity index (χ3n) is 5.55. The lowest BCUT2D eigenvalue weighted by molar-refractivity contribution is -0.151. The van der Waals surface area contributed by atoms with E-state index in [1.165, 1.54) is 4.90 Å². The summed E-state index contributed by atoms with van der Waals surface area (Å²) in [6.07, 6.45) is 0.312. The van der Waals surface area contributed by atoms with Gasteiger partial charge in [0.05, 0.1) is 5.41 Å². The van der Waals surface area contributed by atoms with Gasteiger partial charge in [-0.25, -0.2) is 8.78 Å². The van der Waals surface area contributed by atoms with Gasteiger partial charge in [0.15, 0.2) is 0 Å². The van der Waals surface area contributed by atoms with Crippen LogP contribution < -0.4 is 5.32 Å². The number of carboxylic acid groups (broad SMARTS) is 1. The second kappa shape index (κ2) is 8.24. The van der Waals surface area contributed by atoms with E-state index in [-0.39, 0.29) is 24.9 Å². The summed E-state index contributed by atoms with van der Waals surface area (Å²) in [5, 5.41) is 12.1. The average Bonchev–Trinajstić information content (AvgIpc) is 3.05. The Bertz CT molecular complexity index is 761. The number of amides is 2. The predicted octanol–water partition coefficient (Wildman–Crippen LogP) is 2.68. The van der Waals surface area contributed by atoms with Crippen molar-refractivity contribution in [3.8, 4) is 0 Å². The molecule has 1 aromatic rings. The minimum Gasteiger partial charge on any atom is -0.481 e. The number of likely N-dealkylation sites (tertiary alicyclic amines) is 1. The fraction of sp³-hybridized carbons (Fsp3) is 0.550. The molecule has 1 aromatic carbocycles. The first-order valence-corrected chi connectivity index (χ1v) is 9.28. The van der Waals surface area contributed by atoms with Crippen LogP contribution in [-0.2, 0) is 9.59 Å². The lowest BCUT2D eigenvalue weighted by atomic mass is 9.76. The second-order valence-corrected chi connectivity index (χ2v) is 7.92. The largest absolute Gasteiger partial charge is 0.481 e. The second-order valence-electron chi connectivity index (χ2n) is 7.92. The Morgan fingerprint density at radius 1 is 1.14 bits per heavy atom. The molecule has 2 rings (SSSR count). The normalized spacial score (nSPS) is 20.5. The summed E-state index contributed by atoms with van der Waals surface area (Å²) in [5.74, 6) is -5.00. The van der Waals surface area contributed by atoms with Crippen LogP contribution in [0.25, 0.3) is 0 Å². The van der Waals surface area contributed by atoms with E-state index in [1.807, 2.05) is 0 Å². The van der Waals surface area contributed by atoms with Crippen LogP contribution in [0.1, 0.15) is 44.5 Å². The van der Waals surface area contributed by atoms with E-state index in [0.29, 0.717) is 6.42 Å². The number of hydrogen-bond acceptors (Lipinski definition) is 3. The van der Waals surface area contributed by atoms with Crippen LogP contribution in [0, 0.1) is 28.9 Å². The Morgan fingerprint density at radius 2 is 1.71 bits per heavy atom. The highest BCUT2D eigenvalue weighted by Crippen LogP contribution is 2.38. The van der Waals surface area contributed by atoms with Crippen molar-refractivity contribution in [1.82, 2.24) is 10.2 Å². The highest BCUT2D eigenvalue weighted by atomic mass is 19.1. The molecule has 0 spiro atoms. The van der Waals surface area contributed by atoms with Crippen LogP contribution in [0.15, 0.2) is 18.2 Å². The van der Waals surface area contributed by atoms with Gasteiger partial charge >= 0.3 is 5.97 Å². The van der Waals surface area contributed by atoms with E-state index in [4.69, 9.17) is 0 Å². The Hall–Kier alpha value is -2.51. The molecule has 1 saturated heterocycles. The van der Waals surface area contributed by atoms with Crippen LogP contribution in [0.4, 0.5) is 8.78 Å². The van der Waals surface area contributed by atoms with Gasteiger partial charge in [-0.2, -0.15) is 0 Å². The third kappa shape index (κ3) is 4.00. The SMILES string of the molecule is CC(C)C(NC(=O)c1c(F)cccc1F)C(=O)N1CCC(C(=O)O)(C(C)C)C1. The Balaban J connectivity index is 2.22. The van der Waals surface area contributed by atoms with E-state index in [1.54, 1.807) is 27.7 Å². The molecule has 0 radical (unpaired) electrons. The molecule has 2 N–H and O–H groups in total. The Kier molecular flexibility index (Phi) is 6.41. The molecule has 1 heterocycles. The maximum absolute atomic E-state index is 13.9. The number of carboxylic acids is 1. The zero-order valence-corrected chi connectivity index (χ0v) is 16.5. The summed E-state index contributed by atoms with van der Waals surface area (Å²) in [7, 11) is 0. The summed E-state index contributed by atoms with van der Waals surface area (Å²) in [6.45, 7) is 7.27. The molecule has 0 bridgehead atoms. The molecule has 2 unspecified atom stereocenters. The van der Waals surface area contributed by atoms with Gasteiger partial charge in [-0.3, -0.25) is 14.4 Å². The quantitative estimate of drug-likeness (QED) is 0.774. The minimum absolute atomic E-state index is 0.0337. The summed E-state index contributed by atoms with van der Waals surface area (Å²) >= 11 is 0. The van der Waals surface area contributed by atoms with E-state index in [0.717, 1.165) is 18.2 Å². The highest BCUT2D eigenvalue weighted by Gasteiger charge is 2.49. The number of carbonyl (C=O) groups excluding carboxylic acids is 2. The van der Waals surface area contributed by atoms with Gasteiger partial charge in [-0.05, 0) is 30.4 Å². The molecule has 28 heavy (non-hydrogen) atoms. The summed E-state index contributed by atoms with van der Waals surface area (Å²) < 4.78 is 27.7. The number of aliphatic carboxylic acids is 1. The molecule has 0 aromatic heterocycles. The van der Waals surface area contributed by atoms with Gasteiger partial charge in [0, 0.05) is 13.1 Å². The Morgan fingerprint density at radius 3 is 2.14 bits per heavy atom. The number of carbonyl (C=O) groups is 3. The molecule has 1 aliphatic heterocycles. The smallest absolute Gasteiger partial charge is 0.311 e. The fourth-order valence-electron chi connectivity index (χ4n) is 3.55. The predicted molar refractivity (Wildman–Crippen MR) is 98.6 cm³/mol. The number of halogens is 2. The van der Waals surface area contributed by atoms with Crippen LogP contribution in [-0.4, -0.2) is 46.9 Å². The van der Waals surface area contributed by atoms with Crippen molar-refractivity contribution in [3.63, 3.8) is 0 Å². The van der Waals surface area contributed by atoms with E-state index in [9.17, 15) is 28.3 Å². The van der Waals surface area contributed by atoms with Crippen molar-refractivity contribution in [2.75, 3.05) is 13.1 Å². The standard InChI is InChI=1S/C20H26F2N2O4/c1-11(2)16(23-17(25)15-13(21)6-5-7-14(15)22)18(26)24-9-8-20(10-24,12(3)4)19(27)28/h5-7,11-12,16H,8-10H2,1-4H3,(H,23,25)(H,27,28). The number of nitrogens with zero attached hydrogens (tertiary/aromatic N) is 1. The van der Waals surface area contributed by atoms with E-state index >= 15 is 0 Å². The number of benzene rings is 1. The minimum atomic E-state index is -1.04. The first-order valence-electron chi connectivity index (χ1n) is 9.28. The molecule has 8 heteroatoms. The van der Waals surface area contributed by atoms with Crippen LogP contribution in [0.5, 0.6) is 0 Å². The molecule has 1 aliphatic rings. The molecular formula is C20H26F2N2O4. The summed E-state index contributed by atoms with van der Waals surface area (Å²) in [4.78, 5) is 38.6. The lowest BCUT2D eigenvalue weighted by Crippen LogP contribution is -2.52. The lowest BCUT2D eigenvalue weighted by Gasteiger charge is -2.31. The van der Waals surface area contributed by atoms with E-state index < -0.39 is 46.4 Å². The molecule has 2 atom stereocenters. The highest BCUT2D eigenvalue weighted by molar-refractivity contribution is 5.98. The van der Waals surface area contributed by atoms with Crippen molar-refractivity contribution in [3.05, 3.63) is 35.4 Å². The first kappa shape index (κ1) is 21.8. The van der Waals surface area contributed by atoms with Gasteiger partial charge in [0.2, 0.25) is 5.91 Å². The zero-order chi connectivity index (χ0) is 21.2. The van der Waals surface area contributed by atoms with Crippen LogP contribution >= 0.6 is 0 Å². The van der Waals surface area contributed by atoms with Crippen LogP contribution in [0.2, 0.25) is 0 Å². The number of rotatable bonds is 6. The van der Waals surface area contributed by atoms with Gasteiger partial charge in [-0.1, -0.05) is 33.8 Å². The van der Waals surface area contributed by atoms with Gasteiger partial charge in [0.25, 0.3) is 5.91 Å². The van der Waals surface area contributed by atoms with Crippen molar-refractivity contribution in [1.29, 1.82) is 0 Å². The van der Waals surface area contributed by atoms with Gasteiger partial charge in [0.1, 0.15) is 23.2 Å². The van der Waals surface area contributed by atoms with Crippen molar-refractivity contribution < 1.29 is 28.3 Å². The fourth-order valence-corrected chi connectivity index (χ4v) is 3.55. The number of hydrogen-bond donors (Lipinski definition) is 2. The average molecular weight is 396 g/mol. The maximum Gasteiger partial charge on any atom is 0.311 e. The molecule has 1 fully saturated rings. The molecule has 2 amide bonds. The maximum atomic E-state index is 13.9. The monoisotopic (exact) mass is 396 g/mol. The molecule has 154 valence electrons. The topological polar surface area (TPSA) is 86.7 Å². The molecular weight excluding hydrogens is 370 g/mol. The third-order valence-corrected chi connectivity index (χ3v) is 5.55. The summed E-state index contributed by atoms with van der Waals surface area (Å²) in [5.41, 5.74) is -1.79.